The van der Waals surface area contributed by atoms with Crippen molar-refractivity contribution in [2.45, 2.75) is 38.2 Å². The van der Waals surface area contributed by atoms with E-state index >= 15 is 0 Å². The number of aryl methyl sites for hydroxylation is 1. The molecule has 3 heteroatoms. The van der Waals surface area contributed by atoms with Crippen LogP contribution in [0.2, 0.25) is 0 Å². The van der Waals surface area contributed by atoms with Gasteiger partial charge in [0.1, 0.15) is 11.4 Å². The molecular weight excluding hydrogens is 176 g/mol. The third-order valence-corrected chi connectivity index (χ3v) is 3.21. The number of rotatable bonds is 3. The van der Waals surface area contributed by atoms with E-state index in [0.717, 1.165) is 12.2 Å². The van der Waals surface area contributed by atoms with Gasteiger partial charge < -0.3 is 9.67 Å². The van der Waals surface area contributed by atoms with Crippen molar-refractivity contribution in [2.75, 3.05) is 0 Å². The zero-order valence-corrected chi connectivity index (χ0v) is 8.90. The van der Waals surface area contributed by atoms with Crippen molar-refractivity contribution >= 4 is 0 Å². The number of aliphatic hydroxyl groups is 1. The maximum absolute atomic E-state index is 10.3. The predicted molar refractivity (Wildman–Crippen MR) is 54.7 cm³/mol. The molecule has 2 rings (SSSR count). The minimum atomic E-state index is -0.761. The first kappa shape index (κ1) is 9.71. The van der Waals surface area contributed by atoms with Crippen LogP contribution in [0.1, 0.15) is 38.4 Å². The normalized spacial score (nSPS) is 21.6. The van der Waals surface area contributed by atoms with E-state index < -0.39 is 5.60 Å². The summed E-state index contributed by atoms with van der Waals surface area (Å²) in [5.41, 5.74) is -0.761. The third-order valence-electron chi connectivity index (χ3n) is 3.21. The fourth-order valence-electron chi connectivity index (χ4n) is 2.23. The van der Waals surface area contributed by atoms with Gasteiger partial charge >= 0.3 is 0 Å². The molecule has 14 heavy (non-hydrogen) atoms. The Morgan fingerprint density at radius 2 is 2.36 bits per heavy atom. The molecule has 78 valence electrons. The second kappa shape index (κ2) is 3.39. The predicted octanol–water partition coefficient (Wildman–Crippen LogP) is 1.82. The number of aromatic nitrogens is 2. The van der Waals surface area contributed by atoms with Gasteiger partial charge in [-0.3, -0.25) is 0 Å². The molecule has 0 radical (unpaired) electrons. The van der Waals surface area contributed by atoms with Gasteiger partial charge in [-0.2, -0.15) is 0 Å². The van der Waals surface area contributed by atoms with Crippen molar-refractivity contribution in [3.05, 3.63) is 18.2 Å². The van der Waals surface area contributed by atoms with E-state index in [1.54, 1.807) is 6.20 Å². The van der Waals surface area contributed by atoms with Crippen LogP contribution in [0.15, 0.2) is 12.4 Å². The second-order valence-corrected chi connectivity index (χ2v) is 4.64. The molecule has 1 fully saturated rings. The molecule has 0 spiro atoms. The van der Waals surface area contributed by atoms with Crippen LogP contribution in [0.4, 0.5) is 0 Å². The zero-order valence-electron chi connectivity index (χ0n) is 8.90. The van der Waals surface area contributed by atoms with E-state index in [1.165, 1.54) is 19.3 Å². The monoisotopic (exact) mass is 194 g/mol. The highest BCUT2D eigenvalue weighted by Gasteiger charge is 2.33. The molecule has 0 bridgehead atoms. The Hall–Kier alpha value is -0.830. The van der Waals surface area contributed by atoms with Gasteiger partial charge in [0.15, 0.2) is 0 Å². The highest BCUT2D eigenvalue weighted by atomic mass is 16.3. The maximum Gasteiger partial charge on any atom is 0.140 e. The van der Waals surface area contributed by atoms with Gasteiger partial charge in [-0.15, -0.1) is 0 Å². The molecule has 1 aliphatic carbocycles. The fraction of sp³-hybridized carbons (Fsp3) is 0.727. The van der Waals surface area contributed by atoms with E-state index in [9.17, 15) is 5.11 Å². The summed E-state index contributed by atoms with van der Waals surface area (Å²) in [5, 5.41) is 10.3. The summed E-state index contributed by atoms with van der Waals surface area (Å²) >= 11 is 0. The van der Waals surface area contributed by atoms with Crippen molar-refractivity contribution in [1.29, 1.82) is 0 Å². The Labute approximate surface area is 84.8 Å². The maximum atomic E-state index is 10.3. The second-order valence-electron chi connectivity index (χ2n) is 4.64. The van der Waals surface area contributed by atoms with E-state index in [4.69, 9.17) is 0 Å². The number of hydrogen-bond acceptors (Lipinski definition) is 2. The summed E-state index contributed by atoms with van der Waals surface area (Å²) in [7, 11) is 1.93. The molecule has 1 heterocycles. The summed E-state index contributed by atoms with van der Waals surface area (Å²) in [6.45, 7) is 1.87. The largest absolute Gasteiger partial charge is 0.382 e. The number of imidazole rings is 1. The Bertz CT molecular complexity index is 313. The lowest BCUT2D eigenvalue weighted by Gasteiger charge is -2.32. The first-order valence-electron chi connectivity index (χ1n) is 5.30. The van der Waals surface area contributed by atoms with Crippen LogP contribution >= 0.6 is 0 Å². The highest BCUT2D eigenvalue weighted by Crippen LogP contribution is 2.37. The van der Waals surface area contributed by atoms with Crippen LogP contribution in [0.25, 0.3) is 0 Å². The summed E-state index contributed by atoms with van der Waals surface area (Å²) in [5.74, 6) is 1.48. The first-order chi connectivity index (χ1) is 6.59. The lowest BCUT2D eigenvalue weighted by Crippen LogP contribution is -2.30. The average Bonchev–Trinajstić information content (AvgIpc) is 2.45. The van der Waals surface area contributed by atoms with Crippen molar-refractivity contribution in [1.82, 2.24) is 9.55 Å². The number of nitrogens with zero attached hydrogens (tertiary/aromatic N) is 2. The molecular formula is C11H18N2O. The van der Waals surface area contributed by atoms with E-state index in [1.807, 2.05) is 24.7 Å². The Kier molecular flexibility index (Phi) is 2.35. The van der Waals surface area contributed by atoms with Gasteiger partial charge in [0.2, 0.25) is 0 Å². The summed E-state index contributed by atoms with van der Waals surface area (Å²) < 4.78 is 1.90. The molecule has 0 saturated heterocycles. The summed E-state index contributed by atoms with van der Waals surface area (Å²) in [6, 6.07) is 0. The zero-order chi connectivity index (χ0) is 10.2. The molecule has 1 atom stereocenters. The lowest BCUT2D eigenvalue weighted by atomic mass is 9.77. The van der Waals surface area contributed by atoms with Crippen molar-refractivity contribution < 1.29 is 5.11 Å². The Morgan fingerprint density at radius 3 is 2.79 bits per heavy atom. The van der Waals surface area contributed by atoms with Crippen molar-refractivity contribution in [3.63, 3.8) is 0 Å². The molecule has 0 amide bonds. The molecule has 1 N–H and O–H groups in total. The Morgan fingerprint density at radius 1 is 1.64 bits per heavy atom. The topological polar surface area (TPSA) is 38.0 Å². The SMILES string of the molecule is Cn1ccnc1C(C)(O)CC1CCC1. The fourth-order valence-corrected chi connectivity index (χ4v) is 2.23. The lowest BCUT2D eigenvalue weighted by molar-refractivity contribution is 0.00594. The third kappa shape index (κ3) is 1.69. The van der Waals surface area contributed by atoms with Gasteiger partial charge in [0.05, 0.1) is 0 Å². The van der Waals surface area contributed by atoms with Crippen LogP contribution in [-0.2, 0) is 12.6 Å². The smallest absolute Gasteiger partial charge is 0.140 e. The highest BCUT2D eigenvalue weighted by molar-refractivity contribution is 5.03. The van der Waals surface area contributed by atoms with Gasteiger partial charge in [-0.05, 0) is 19.3 Å². The molecule has 0 aromatic carbocycles. The van der Waals surface area contributed by atoms with Gasteiger partial charge in [0, 0.05) is 19.4 Å². The van der Waals surface area contributed by atoms with Crippen molar-refractivity contribution in [2.24, 2.45) is 13.0 Å². The molecule has 1 aromatic rings. The van der Waals surface area contributed by atoms with Crippen LogP contribution < -0.4 is 0 Å². The minimum Gasteiger partial charge on any atom is -0.382 e. The van der Waals surface area contributed by atoms with Crippen molar-refractivity contribution in [3.8, 4) is 0 Å². The standard InChI is InChI=1S/C11H18N2O/c1-11(14,8-9-4-3-5-9)10-12-6-7-13(10)2/h6-7,9,14H,3-5,8H2,1-2H3. The quantitative estimate of drug-likeness (QED) is 0.797. The summed E-state index contributed by atoms with van der Waals surface area (Å²) in [4.78, 5) is 4.21. The van der Waals surface area contributed by atoms with Crippen LogP contribution in [0.5, 0.6) is 0 Å². The van der Waals surface area contributed by atoms with Gasteiger partial charge in [-0.25, -0.2) is 4.98 Å². The van der Waals surface area contributed by atoms with Crippen LogP contribution in [0.3, 0.4) is 0 Å². The number of hydrogen-bond donors (Lipinski definition) is 1. The molecule has 1 aliphatic rings. The molecule has 0 aliphatic heterocycles. The minimum absolute atomic E-state index is 0.696. The Balaban J connectivity index is 2.10. The van der Waals surface area contributed by atoms with E-state index in [0.29, 0.717) is 5.92 Å². The van der Waals surface area contributed by atoms with E-state index in [2.05, 4.69) is 4.98 Å². The molecule has 1 aromatic heterocycles. The molecule has 1 saturated carbocycles. The van der Waals surface area contributed by atoms with Crippen LogP contribution in [0, 0.1) is 5.92 Å². The van der Waals surface area contributed by atoms with Gasteiger partial charge in [0.25, 0.3) is 0 Å². The van der Waals surface area contributed by atoms with E-state index in [-0.39, 0.29) is 0 Å². The van der Waals surface area contributed by atoms with Crippen LogP contribution in [-0.4, -0.2) is 14.7 Å². The first-order valence-corrected chi connectivity index (χ1v) is 5.30. The van der Waals surface area contributed by atoms with Gasteiger partial charge in [-0.1, -0.05) is 19.3 Å². The molecule has 3 nitrogen and oxygen atoms in total. The average molecular weight is 194 g/mol. The summed E-state index contributed by atoms with van der Waals surface area (Å²) in [6.07, 6.45) is 8.31. The molecule has 1 unspecified atom stereocenters.